The predicted molar refractivity (Wildman–Crippen MR) is 47.8 cm³/mol. The molecule has 0 saturated heterocycles. The van der Waals surface area contributed by atoms with E-state index in [0.717, 1.165) is 12.1 Å². The number of hydrogen-bond donors (Lipinski definition) is 1. The second-order valence-electron chi connectivity index (χ2n) is 2.94. The zero-order chi connectivity index (χ0) is 11.4. The number of rotatable bonds is 4. The van der Waals surface area contributed by atoms with Crippen molar-refractivity contribution in [3.05, 3.63) is 35.1 Å². The van der Waals surface area contributed by atoms with Crippen LogP contribution >= 0.6 is 0 Å². The molecule has 0 fully saturated rings. The first-order chi connectivity index (χ1) is 7.07. The summed E-state index contributed by atoms with van der Waals surface area (Å²) in [6.07, 6.45) is -1.29. The van der Waals surface area contributed by atoms with Gasteiger partial charge in [0.2, 0.25) is 0 Å². The lowest BCUT2D eigenvalue weighted by atomic mass is 10.1. The van der Waals surface area contributed by atoms with E-state index in [9.17, 15) is 18.3 Å². The van der Waals surface area contributed by atoms with Crippen LogP contribution in [-0.4, -0.2) is 18.3 Å². The highest BCUT2D eigenvalue weighted by Crippen LogP contribution is 2.21. The zero-order valence-electron chi connectivity index (χ0n) is 8.14. The Morgan fingerprint density at radius 3 is 2.53 bits per heavy atom. The molecule has 0 bridgehead atoms. The number of hydrogen-bond acceptors (Lipinski definition) is 2. The number of benzene rings is 1. The molecular formula is C10H11F3O2. The summed E-state index contributed by atoms with van der Waals surface area (Å²) >= 11 is 0. The summed E-state index contributed by atoms with van der Waals surface area (Å²) in [7, 11) is 0. The quantitative estimate of drug-likeness (QED) is 0.788. The van der Waals surface area contributed by atoms with Gasteiger partial charge in [0.25, 0.3) is 0 Å². The monoisotopic (exact) mass is 220 g/mol. The molecular weight excluding hydrogens is 209 g/mol. The van der Waals surface area contributed by atoms with Gasteiger partial charge in [0.05, 0.1) is 6.61 Å². The number of aliphatic hydroxyl groups excluding tert-OH is 1. The topological polar surface area (TPSA) is 29.5 Å². The molecule has 0 aliphatic carbocycles. The summed E-state index contributed by atoms with van der Waals surface area (Å²) in [6.45, 7) is 1.90. The van der Waals surface area contributed by atoms with E-state index in [1.54, 1.807) is 6.92 Å². The molecule has 0 heterocycles. The van der Waals surface area contributed by atoms with E-state index in [1.807, 2.05) is 0 Å². The van der Waals surface area contributed by atoms with Crippen LogP contribution < -0.4 is 0 Å². The molecule has 0 radical (unpaired) electrons. The summed E-state index contributed by atoms with van der Waals surface area (Å²) < 4.78 is 43.3. The maximum Gasteiger partial charge on any atom is 0.194 e. The predicted octanol–water partition coefficient (Wildman–Crippen LogP) is 2.17. The van der Waals surface area contributed by atoms with Crippen molar-refractivity contribution in [2.24, 2.45) is 0 Å². The van der Waals surface area contributed by atoms with E-state index < -0.39 is 23.6 Å². The van der Waals surface area contributed by atoms with E-state index >= 15 is 0 Å². The number of ether oxygens (including phenoxy) is 1. The summed E-state index contributed by atoms with van der Waals surface area (Å²) in [4.78, 5) is 0. The van der Waals surface area contributed by atoms with Crippen LogP contribution in [0.2, 0.25) is 0 Å². The van der Waals surface area contributed by atoms with Gasteiger partial charge in [0.1, 0.15) is 6.10 Å². The van der Waals surface area contributed by atoms with Gasteiger partial charge in [0, 0.05) is 12.2 Å². The summed E-state index contributed by atoms with van der Waals surface area (Å²) in [5.74, 6) is -4.23. The van der Waals surface area contributed by atoms with Crippen LogP contribution in [0.15, 0.2) is 12.1 Å². The Kier molecular flexibility index (Phi) is 4.11. The Hall–Kier alpha value is -1.07. The van der Waals surface area contributed by atoms with Crippen molar-refractivity contribution in [1.29, 1.82) is 0 Å². The van der Waals surface area contributed by atoms with Crippen molar-refractivity contribution in [2.45, 2.75) is 13.0 Å². The molecule has 0 aliphatic heterocycles. The van der Waals surface area contributed by atoms with E-state index in [0.29, 0.717) is 6.61 Å². The van der Waals surface area contributed by atoms with Crippen molar-refractivity contribution >= 4 is 0 Å². The van der Waals surface area contributed by atoms with E-state index in [2.05, 4.69) is 0 Å². The lowest BCUT2D eigenvalue weighted by Crippen LogP contribution is -2.10. The number of halogens is 3. The second-order valence-corrected chi connectivity index (χ2v) is 2.94. The molecule has 1 atom stereocenters. The fraction of sp³-hybridized carbons (Fsp3) is 0.400. The molecule has 1 N–H and O–H groups in total. The van der Waals surface area contributed by atoms with Crippen LogP contribution in [0.3, 0.4) is 0 Å². The van der Waals surface area contributed by atoms with E-state index in [-0.39, 0.29) is 12.2 Å². The van der Waals surface area contributed by atoms with Gasteiger partial charge in [-0.1, -0.05) is 6.07 Å². The molecule has 0 aliphatic rings. The molecule has 0 saturated carbocycles. The molecule has 1 rings (SSSR count). The molecule has 15 heavy (non-hydrogen) atoms. The second kappa shape index (κ2) is 5.14. The van der Waals surface area contributed by atoms with E-state index in [1.165, 1.54) is 0 Å². The Bertz CT molecular complexity index is 342. The summed E-state index contributed by atoms with van der Waals surface area (Å²) in [6, 6.07) is 1.76. The normalized spacial score (nSPS) is 12.9. The fourth-order valence-electron chi connectivity index (χ4n) is 1.12. The summed E-state index contributed by atoms with van der Waals surface area (Å²) in [5, 5.41) is 9.39. The average molecular weight is 220 g/mol. The minimum Gasteiger partial charge on any atom is -0.386 e. The summed E-state index contributed by atoms with van der Waals surface area (Å²) in [5.41, 5.74) is -0.303. The third-order valence-electron chi connectivity index (χ3n) is 1.90. The molecule has 84 valence electrons. The van der Waals surface area contributed by atoms with Crippen molar-refractivity contribution < 1.29 is 23.0 Å². The van der Waals surface area contributed by atoms with Gasteiger partial charge in [-0.3, -0.25) is 0 Å². The van der Waals surface area contributed by atoms with Crippen molar-refractivity contribution in [3.63, 3.8) is 0 Å². The maximum absolute atomic E-state index is 13.1. The lowest BCUT2D eigenvalue weighted by Gasteiger charge is -2.12. The highest BCUT2D eigenvalue weighted by Gasteiger charge is 2.18. The van der Waals surface area contributed by atoms with E-state index in [4.69, 9.17) is 4.74 Å². The van der Waals surface area contributed by atoms with Gasteiger partial charge in [-0.15, -0.1) is 0 Å². The lowest BCUT2D eigenvalue weighted by molar-refractivity contribution is 0.0397. The Labute approximate surface area is 85.3 Å². The van der Waals surface area contributed by atoms with Gasteiger partial charge < -0.3 is 9.84 Å². The van der Waals surface area contributed by atoms with Crippen molar-refractivity contribution in [1.82, 2.24) is 0 Å². The van der Waals surface area contributed by atoms with Crippen LogP contribution in [-0.2, 0) is 4.74 Å². The smallest absolute Gasteiger partial charge is 0.194 e. The minimum atomic E-state index is -1.58. The molecule has 0 aromatic heterocycles. The SMILES string of the molecule is CCOCC(O)c1ccc(F)c(F)c1F. The van der Waals surface area contributed by atoms with Crippen molar-refractivity contribution in [3.8, 4) is 0 Å². The highest BCUT2D eigenvalue weighted by atomic mass is 19.2. The molecule has 1 aromatic rings. The first-order valence-corrected chi connectivity index (χ1v) is 4.47. The molecule has 0 amide bonds. The molecule has 1 unspecified atom stereocenters. The third-order valence-corrected chi connectivity index (χ3v) is 1.90. The Morgan fingerprint density at radius 2 is 1.93 bits per heavy atom. The Balaban J connectivity index is 2.90. The van der Waals surface area contributed by atoms with Gasteiger partial charge in [-0.2, -0.15) is 0 Å². The number of aliphatic hydroxyl groups is 1. The molecule has 2 nitrogen and oxygen atoms in total. The van der Waals surface area contributed by atoms with Crippen LogP contribution in [0.25, 0.3) is 0 Å². The largest absolute Gasteiger partial charge is 0.386 e. The molecule has 1 aromatic carbocycles. The van der Waals surface area contributed by atoms with Crippen LogP contribution in [0, 0.1) is 17.5 Å². The van der Waals surface area contributed by atoms with Gasteiger partial charge in [-0.05, 0) is 13.0 Å². The van der Waals surface area contributed by atoms with Gasteiger partial charge in [-0.25, -0.2) is 13.2 Å². The zero-order valence-corrected chi connectivity index (χ0v) is 8.14. The minimum absolute atomic E-state index is 0.154. The van der Waals surface area contributed by atoms with Gasteiger partial charge in [0.15, 0.2) is 17.5 Å². The van der Waals surface area contributed by atoms with Crippen LogP contribution in [0.1, 0.15) is 18.6 Å². The first kappa shape index (κ1) is 12.0. The average Bonchev–Trinajstić information content (AvgIpc) is 2.23. The third kappa shape index (κ3) is 2.70. The highest BCUT2D eigenvalue weighted by molar-refractivity contribution is 5.22. The maximum atomic E-state index is 13.1. The fourth-order valence-corrected chi connectivity index (χ4v) is 1.12. The standard InChI is InChI=1S/C10H11F3O2/c1-2-15-5-8(14)6-3-4-7(11)10(13)9(6)12/h3-4,8,14H,2,5H2,1H3. The molecule has 0 spiro atoms. The van der Waals surface area contributed by atoms with Crippen LogP contribution in [0.4, 0.5) is 13.2 Å². The first-order valence-electron chi connectivity index (χ1n) is 4.47. The van der Waals surface area contributed by atoms with Crippen LogP contribution in [0.5, 0.6) is 0 Å². The van der Waals surface area contributed by atoms with Crippen molar-refractivity contribution in [2.75, 3.05) is 13.2 Å². The Morgan fingerprint density at radius 1 is 1.27 bits per heavy atom. The van der Waals surface area contributed by atoms with Gasteiger partial charge >= 0.3 is 0 Å². The molecule has 5 heteroatoms.